The molecule has 0 saturated carbocycles. The lowest BCUT2D eigenvalue weighted by Gasteiger charge is -2.27. The van der Waals surface area contributed by atoms with Crippen LogP contribution >= 0.6 is 11.3 Å². The monoisotopic (exact) mass is 643 g/mol. The molecular formula is C46H29NOS. The van der Waals surface area contributed by atoms with Crippen molar-refractivity contribution in [1.82, 2.24) is 0 Å². The number of thiophene rings is 1. The fourth-order valence-corrected chi connectivity index (χ4v) is 8.47. The van der Waals surface area contributed by atoms with Crippen LogP contribution in [0.3, 0.4) is 0 Å². The number of hydrogen-bond donors (Lipinski definition) is 0. The van der Waals surface area contributed by atoms with Crippen molar-refractivity contribution < 1.29 is 4.42 Å². The van der Waals surface area contributed by atoms with Crippen molar-refractivity contribution in [2.45, 2.75) is 0 Å². The number of hydrogen-bond acceptors (Lipinski definition) is 3. The lowest BCUT2D eigenvalue weighted by molar-refractivity contribution is 0.669. The van der Waals surface area contributed by atoms with Crippen molar-refractivity contribution in [1.29, 1.82) is 0 Å². The molecule has 3 heteroatoms. The van der Waals surface area contributed by atoms with Crippen LogP contribution in [-0.4, -0.2) is 0 Å². The Labute approximate surface area is 287 Å². The van der Waals surface area contributed by atoms with Gasteiger partial charge in [-0.2, -0.15) is 0 Å². The molecule has 2 aromatic heterocycles. The first kappa shape index (κ1) is 27.9. The summed E-state index contributed by atoms with van der Waals surface area (Å²) in [6.45, 7) is 0. The molecule has 8 aromatic carbocycles. The molecule has 0 bridgehead atoms. The fourth-order valence-electron chi connectivity index (χ4n) is 7.32. The predicted octanol–water partition coefficient (Wildman–Crippen LogP) is 13.9. The van der Waals surface area contributed by atoms with Gasteiger partial charge in [0.05, 0.1) is 5.69 Å². The number of nitrogens with zero attached hydrogens (tertiary/aromatic N) is 1. The topological polar surface area (TPSA) is 16.4 Å². The Kier molecular flexibility index (Phi) is 6.39. The van der Waals surface area contributed by atoms with Gasteiger partial charge in [-0.15, -0.1) is 11.3 Å². The molecule has 0 aliphatic carbocycles. The van der Waals surface area contributed by atoms with E-state index < -0.39 is 0 Å². The Morgan fingerprint density at radius 1 is 0.408 bits per heavy atom. The van der Waals surface area contributed by atoms with Gasteiger partial charge in [-0.1, -0.05) is 127 Å². The molecule has 0 atom stereocenters. The second-order valence-corrected chi connectivity index (χ2v) is 13.6. The zero-order valence-corrected chi connectivity index (χ0v) is 27.3. The molecular weight excluding hydrogens is 615 g/mol. The Hall–Kier alpha value is -6.16. The summed E-state index contributed by atoms with van der Waals surface area (Å²) in [5.74, 6) is 0. The molecule has 0 unspecified atom stereocenters. The number of anilines is 3. The maximum atomic E-state index is 6.64. The molecule has 0 aliphatic heterocycles. The van der Waals surface area contributed by atoms with E-state index in [9.17, 15) is 0 Å². The number of rotatable bonds is 5. The van der Waals surface area contributed by atoms with Gasteiger partial charge in [-0.25, -0.2) is 0 Å². The van der Waals surface area contributed by atoms with Gasteiger partial charge < -0.3 is 9.32 Å². The molecule has 0 amide bonds. The highest BCUT2D eigenvalue weighted by molar-refractivity contribution is 7.25. The average molecular weight is 644 g/mol. The molecule has 49 heavy (non-hydrogen) atoms. The van der Waals surface area contributed by atoms with Crippen LogP contribution in [0.1, 0.15) is 0 Å². The largest absolute Gasteiger partial charge is 0.454 e. The summed E-state index contributed by atoms with van der Waals surface area (Å²) in [7, 11) is 0. The molecule has 0 saturated heterocycles. The van der Waals surface area contributed by atoms with Crippen molar-refractivity contribution in [3.8, 4) is 22.3 Å². The van der Waals surface area contributed by atoms with Gasteiger partial charge in [0.25, 0.3) is 0 Å². The lowest BCUT2D eigenvalue weighted by atomic mass is 9.93. The Balaban J connectivity index is 1.24. The van der Waals surface area contributed by atoms with Crippen LogP contribution in [0.5, 0.6) is 0 Å². The van der Waals surface area contributed by atoms with E-state index in [0.29, 0.717) is 0 Å². The SMILES string of the molecule is c1ccc(-c2ccc(N(c3ccc4ccccc4c3)c3cccc4c3oc3ccccc34)cc2-c2ccc3c(c2)sc2ccccc23)cc1. The van der Waals surface area contributed by atoms with Crippen LogP contribution in [0, 0.1) is 0 Å². The Morgan fingerprint density at radius 2 is 1.12 bits per heavy atom. The summed E-state index contributed by atoms with van der Waals surface area (Å²) < 4.78 is 9.25. The van der Waals surface area contributed by atoms with E-state index >= 15 is 0 Å². The van der Waals surface area contributed by atoms with Crippen LogP contribution in [0.2, 0.25) is 0 Å². The molecule has 2 heterocycles. The molecule has 0 fully saturated rings. The third kappa shape index (κ3) is 4.62. The zero-order valence-electron chi connectivity index (χ0n) is 26.5. The molecule has 0 spiro atoms. The minimum atomic E-state index is 0.872. The van der Waals surface area contributed by atoms with Gasteiger partial charge in [0.2, 0.25) is 0 Å². The molecule has 2 nitrogen and oxygen atoms in total. The van der Waals surface area contributed by atoms with Gasteiger partial charge in [0, 0.05) is 42.3 Å². The summed E-state index contributed by atoms with van der Waals surface area (Å²) in [5.41, 5.74) is 9.67. The molecule has 10 aromatic rings. The van der Waals surface area contributed by atoms with E-state index in [2.05, 4.69) is 175 Å². The van der Waals surface area contributed by atoms with Gasteiger partial charge in [-0.05, 0) is 81.6 Å². The number of para-hydroxylation sites is 2. The molecule has 230 valence electrons. The highest BCUT2D eigenvalue weighted by Crippen LogP contribution is 2.46. The smallest absolute Gasteiger partial charge is 0.159 e. The van der Waals surface area contributed by atoms with E-state index in [4.69, 9.17) is 4.42 Å². The Morgan fingerprint density at radius 3 is 2.04 bits per heavy atom. The fraction of sp³-hybridized carbons (Fsp3) is 0. The van der Waals surface area contributed by atoms with Crippen LogP contribution in [0.4, 0.5) is 17.1 Å². The predicted molar refractivity (Wildman–Crippen MR) is 210 cm³/mol. The van der Waals surface area contributed by atoms with Crippen molar-refractivity contribution in [2.24, 2.45) is 0 Å². The van der Waals surface area contributed by atoms with Crippen molar-refractivity contribution in [2.75, 3.05) is 4.90 Å². The zero-order chi connectivity index (χ0) is 32.3. The number of benzene rings is 8. The maximum absolute atomic E-state index is 6.64. The van der Waals surface area contributed by atoms with E-state index in [-0.39, 0.29) is 0 Å². The van der Waals surface area contributed by atoms with Gasteiger partial charge in [-0.3, -0.25) is 0 Å². The lowest BCUT2D eigenvalue weighted by Crippen LogP contribution is -2.10. The molecule has 0 radical (unpaired) electrons. The second kappa shape index (κ2) is 11.2. The van der Waals surface area contributed by atoms with Gasteiger partial charge >= 0.3 is 0 Å². The normalized spacial score (nSPS) is 11.7. The third-order valence-electron chi connectivity index (χ3n) is 9.65. The summed E-state index contributed by atoms with van der Waals surface area (Å²) in [6, 6.07) is 63.3. The number of fused-ring (bicyclic) bond motifs is 7. The average Bonchev–Trinajstić information content (AvgIpc) is 3.74. The van der Waals surface area contributed by atoms with Crippen molar-refractivity contribution >= 4 is 81.3 Å². The second-order valence-electron chi connectivity index (χ2n) is 12.5. The van der Waals surface area contributed by atoms with Gasteiger partial charge in [0.1, 0.15) is 5.58 Å². The van der Waals surface area contributed by atoms with Crippen LogP contribution < -0.4 is 4.90 Å². The van der Waals surface area contributed by atoms with Crippen LogP contribution in [-0.2, 0) is 0 Å². The summed E-state index contributed by atoms with van der Waals surface area (Å²) >= 11 is 1.86. The molecule has 0 N–H and O–H groups in total. The minimum Gasteiger partial charge on any atom is -0.454 e. The van der Waals surface area contributed by atoms with Crippen molar-refractivity contribution in [3.05, 3.63) is 176 Å². The Bertz CT molecular complexity index is 2840. The molecule has 10 rings (SSSR count). The van der Waals surface area contributed by atoms with E-state index in [1.807, 2.05) is 17.4 Å². The maximum Gasteiger partial charge on any atom is 0.159 e. The first-order valence-electron chi connectivity index (χ1n) is 16.6. The third-order valence-corrected chi connectivity index (χ3v) is 10.8. The standard InChI is InChI=1S/C46H29NOS/c1-2-12-31(13-3-1)36-26-24-35(29-41(36)33-22-25-39-38-16-7-9-20-44(38)49-45(39)28-33)47(34-23-21-30-11-4-5-14-32(30)27-34)42-18-10-17-40-37-15-6-8-19-43(37)48-46(40)42/h1-29H. The number of furan rings is 1. The quantitative estimate of drug-likeness (QED) is 0.186. The van der Waals surface area contributed by atoms with E-state index in [1.54, 1.807) is 0 Å². The van der Waals surface area contributed by atoms with Crippen molar-refractivity contribution in [3.63, 3.8) is 0 Å². The summed E-state index contributed by atoms with van der Waals surface area (Å²) in [6.07, 6.45) is 0. The summed E-state index contributed by atoms with van der Waals surface area (Å²) in [4.78, 5) is 2.35. The first-order valence-corrected chi connectivity index (χ1v) is 17.4. The highest BCUT2D eigenvalue weighted by atomic mass is 32.1. The van der Waals surface area contributed by atoms with Crippen LogP contribution in [0.15, 0.2) is 180 Å². The van der Waals surface area contributed by atoms with E-state index in [0.717, 1.165) is 39.0 Å². The van der Waals surface area contributed by atoms with Gasteiger partial charge in [0.15, 0.2) is 5.58 Å². The first-order chi connectivity index (χ1) is 24.3. The van der Waals surface area contributed by atoms with Crippen LogP contribution in [0.25, 0.3) is 75.1 Å². The molecule has 0 aliphatic rings. The van der Waals surface area contributed by atoms with E-state index in [1.165, 1.54) is 53.2 Å². The summed E-state index contributed by atoms with van der Waals surface area (Å²) in [5, 5.41) is 7.25. The minimum absolute atomic E-state index is 0.872. The highest BCUT2D eigenvalue weighted by Gasteiger charge is 2.21.